The fraction of sp³-hybridized carbons (Fsp3) is 0.118. The van der Waals surface area contributed by atoms with Gasteiger partial charge < -0.3 is 27.1 Å². The van der Waals surface area contributed by atoms with Gasteiger partial charge in [-0.3, -0.25) is 0 Å². The average Bonchev–Trinajstić information content (AvgIpc) is 2.28. The number of hydrogen-bond acceptors (Lipinski definition) is 0. The Morgan fingerprint density at radius 2 is 1.14 bits per heavy atom. The topological polar surface area (TPSA) is 22.3 Å². The molecule has 0 saturated heterocycles. The Bertz CT molecular complexity index is 536. The molecule has 0 spiro atoms. The largest absolute Gasteiger partial charge is 4.00 e. The first kappa shape index (κ1) is 26.1. The van der Waals surface area contributed by atoms with Crippen LogP contribution in [0.2, 0.25) is 0 Å². The summed E-state index contributed by atoms with van der Waals surface area (Å²) in [6.45, 7) is 3.63. The molecule has 0 aromatic heterocycles. The van der Waals surface area contributed by atoms with Crippen LogP contribution in [0.25, 0.3) is 4.78 Å². The molecule has 2 aromatic carbocycles. The van der Waals surface area contributed by atoms with Crippen molar-refractivity contribution in [2.45, 2.75) is 23.6 Å². The molecule has 118 valence electrons. The molecule has 0 N–H and O–H groups in total. The molecule has 1 atom stereocenters. The molecule has 1 nitrogen and oxygen atoms in total. The maximum Gasteiger partial charge on any atom is 4.00 e. The van der Waals surface area contributed by atoms with E-state index in [1.165, 1.54) is 6.07 Å². The van der Waals surface area contributed by atoms with E-state index >= 15 is 0 Å². The maximum atomic E-state index is 13.7. The first-order chi connectivity index (χ1) is 8.52. The molecular formula is C17H21F2NSTi. The summed E-state index contributed by atoms with van der Waals surface area (Å²) in [4.78, 5) is 0.316. The van der Waals surface area contributed by atoms with Gasteiger partial charge in [-0.15, -0.1) is 0 Å². The molecule has 0 radical (unpaired) electrons. The smallest absolute Gasteiger partial charge is 0.771 e. The Labute approximate surface area is 150 Å². The van der Waals surface area contributed by atoms with Gasteiger partial charge in [-0.05, 0) is 42.0 Å². The van der Waals surface area contributed by atoms with Gasteiger partial charge in [0.25, 0.3) is 0 Å². The van der Waals surface area contributed by atoms with Gasteiger partial charge in [0, 0.05) is 0 Å². The molecule has 0 saturated carbocycles. The van der Waals surface area contributed by atoms with Crippen molar-refractivity contribution in [3.8, 4) is 0 Å². The average molecular weight is 357 g/mol. The summed E-state index contributed by atoms with van der Waals surface area (Å²) in [5.74, 6) is -1.44. The van der Waals surface area contributed by atoms with E-state index in [2.05, 4.69) is 0 Å². The van der Waals surface area contributed by atoms with E-state index in [-0.39, 0.29) is 48.9 Å². The molecule has 5 heteroatoms. The minimum Gasteiger partial charge on any atom is -0.771 e. The predicted molar refractivity (Wildman–Crippen MR) is 88.8 cm³/mol. The van der Waals surface area contributed by atoms with Crippen LogP contribution in [-0.4, -0.2) is 0 Å². The zero-order valence-electron chi connectivity index (χ0n) is 13.6. The van der Waals surface area contributed by atoms with Crippen molar-refractivity contribution in [2.24, 2.45) is 0 Å². The molecule has 0 aliphatic heterocycles. The second-order valence-electron chi connectivity index (χ2n) is 4.06. The molecule has 0 aliphatic carbocycles. The fourth-order valence-electron chi connectivity index (χ4n) is 1.87. The molecule has 0 bridgehead atoms. The molecule has 2 rings (SSSR count). The van der Waals surface area contributed by atoms with Crippen molar-refractivity contribution in [2.75, 3.05) is 0 Å². The monoisotopic (exact) mass is 357 g/mol. The first-order valence-electron chi connectivity index (χ1n) is 5.46. The standard InChI is InChI=1S/C14H12F2NS.3CH3.Ti/c1-9-5-3-6-10(2)13(9)18(17)14-11(15)7-4-8-12(14)16;;;;/h3-8H,1-2H3;3*1H3;/q4*-1;+4. The Morgan fingerprint density at radius 1 is 0.773 bits per heavy atom. The number of aryl methyl sites for hydroxylation is 2. The third-order valence-electron chi connectivity index (χ3n) is 2.71. The number of rotatable bonds is 2. The summed E-state index contributed by atoms with van der Waals surface area (Å²) in [6.07, 6.45) is 0. The van der Waals surface area contributed by atoms with Crippen LogP contribution in [-0.2, 0) is 32.4 Å². The molecule has 0 aliphatic rings. The van der Waals surface area contributed by atoms with Gasteiger partial charge in [0.1, 0.15) is 11.6 Å². The van der Waals surface area contributed by atoms with Crippen LogP contribution >= 0.6 is 0 Å². The number of halogens is 2. The van der Waals surface area contributed by atoms with E-state index in [4.69, 9.17) is 0 Å². The zero-order valence-corrected chi connectivity index (χ0v) is 16.0. The minimum atomic E-state index is -1.59. The second kappa shape index (κ2) is 10.8. The van der Waals surface area contributed by atoms with Gasteiger partial charge in [0.2, 0.25) is 0 Å². The second-order valence-corrected chi connectivity index (χ2v) is 5.44. The summed E-state index contributed by atoms with van der Waals surface area (Å²) in [7, 11) is -1.59. The molecule has 0 fully saturated rings. The minimum absolute atomic E-state index is 0. The van der Waals surface area contributed by atoms with E-state index in [9.17, 15) is 13.6 Å². The normalized spacial score (nSPS) is 10.2. The Hall–Kier alpha value is -0.836. The summed E-state index contributed by atoms with van der Waals surface area (Å²) >= 11 is 0. The van der Waals surface area contributed by atoms with Crippen LogP contribution < -0.4 is 0 Å². The quantitative estimate of drug-likeness (QED) is 0.485. The van der Waals surface area contributed by atoms with Crippen molar-refractivity contribution < 1.29 is 30.5 Å². The van der Waals surface area contributed by atoms with E-state index in [0.717, 1.165) is 23.3 Å². The molecule has 2 aromatic rings. The van der Waals surface area contributed by atoms with Crippen LogP contribution in [0.1, 0.15) is 11.1 Å². The van der Waals surface area contributed by atoms with Crippen molar-refractivity contribution in [1.29, 1.82) is 0 Å². The summed E-state index contributed by atoms with van der Waals surface area (Å²) in [5, 5.41) is 0. The van der Waals surface area contributed by atoms with Crippen molar-refractivity contribution in [3.63, 3.8) is 0 Å². The first-order valence-corrected chi connectivity index (χ1v) is 6.64. The molecule has 22 heavy (non-hydrogen) atoms. The van der Waals surface area contributed by atoms with Crippen LogP contribution in [0.4, 0.5) is 8.78 Å². The third kappa shape index (κ3) is 5.11. The predicted octanol–water partition coefficient (Wildman–Crippen LogP) is 5.72. The van der Waals surface area contributed by atoms with Gasteiger partial charge >= 0.3 is 21.7 Å². The SMILES string of the molecule is Cc1cccc(C)c1S(=[N-])c1c(F)cccc1F.[CH3-].[CH3-].[CH3-].[Ti+4]. The van der Waals surface area contributed by atoms with Crippen LogP contribution in [0.15, 0.2) is 46.2 Å². The Kier molecular flexibility index (Phi) is 12.8. The van der Waals surface area contributed by atoms with E-state index < -0.39 is 22.3 Å². The van der Waals surface area contributed by atoms with Gasteiger partial charge in [0.05, 0.1) is 4.90 Å². The van der Waals surface area contributed by atoms with E-state index in [1.807, 2.05) is 32.0 Å². The molecular weight excluding hydrogens is 336 g/mol. The summed E-state index contributed by atoms with van der Waals surface area (Å²) in [6, 6.07) is 9.08. The maximum absolute atomic E-state index is 13.7. The fourth-order valence-corrected chi connectivity index (χ4v) is 3.33. The van der Waals surface area contributed by atoms with Gasteiger partial charge in [-0.25, -0.2) is 19.5 Å². The number of benzene rings is 2. The van der Waals surface area contributed by atoms with Crippen molar-refractivity contribution in [1.82, 2.24) is 0 Å². The summed E-state index contributed by atoms with van der Waals surface area (Å²) < 4.78 is 37.6. The van der Waals surface area contributed by atoms with E-state index in [0.29, 0.717) is 4.90 Å². The van der Waals surface area contributed by atoms with E-state index in [1.54, 1.807) is 0 Å². The van der Waals surface area contributed by atoms with Crippen molar-refractivity contribution in [3.05, 3.63) is 86.2 Å². The number of hydrogen-bond donors (Lipinski definition) is 0. The van der Waals surface area contributed by atoms with Gasteiger partial charge in [-0.2, -0.15) is 0 Å². The molecule has 0 amide bonds. The van der Waals surface area contributed by atoms with Crippen LogP contribution in [0.5, 0.6) is 0 Å². The zero-order chi connectivity index (χ0) is 13.3. The third-order valence-corrected chi connectivity index (χ3v) is 4.52. The Balaban J connectivity index is -0.000000902. The van der Waals surface area contributed by atoms with Gasteiger partial charge in [-0.1, -0.05) is 24.3 Å². The summed E-state index contributed by atoms with van der Waals surface area (Å²) in [5.41, 5.74) is 1.65. The molecule has 0 heterocycles. The van der Waals surface area contributed by atoms with Crippen molar-refractivity contribution >= 4 is 10.7 Å². The Morgan fingerprint density at radius 3 is 1.55 bits per heavy atom. The van der Waals surface area contributed by atoms with Crippen LogP contribution in [0, 0.1) is 47.8 Å². The number of nitrogens with zero attached hydrogens (tertiary/aromatic N) is 1. The van der Waals surface area contributed by atoms with Gasteiger partial charge in [0.15, 0.2) is 0 Å². The van der Waals surface area contributed by atoms with Crippen LogP contribution in [0.3, 0.4) is 0 Å². The molecule has 1 unspecified atom stereocenters.